The molecule has 158 valence electrons. The standard InChI is InChI=1S/C26H20N2O4/c1-32-26(31)24-22(17-12-6-8-14-19(17)28-24)20(15-9-3-2-4-10-15)21-16-11-5-7-13-18(16)27-23(21)25(29)30/h2-14,20,27-28H,1H3,(H,29,30). The SMILES string of the molecule is COC(=O)c1[nH]c2ccccc2c1C(c1ccccc1)c1c(C(=O)O)[nH]c2ccccc12. The van der Waals surface area contributed by atoms with Gasteiger partial charge in [-0.05, 0) is 17.7 Å². The largest absolute Gasteiger partial charge is 0.477 e. The van der Waals surface area contributed by atoms with Crippen LogP contribution in [-0.2, 0) is 4.74 Å². The third kappa shape index (κ3) is 3.04. The number of para-hydroxylation sites is 2. The number of fused-ring (bicyclic) bond motifs is 2. The van der Waals surface area contributed by atoms with Crippen molar-refractivity contribution in [2.75, 3.05) is 7.11 Å². The van der Waals surface area contributed by atoms with Crippen molar-refractivity contribution in [3.63, 3.8) is 0 Å². The van der Waals surface area contributed by atoms with Crippen molar-refractivity contribution in [2.45, 2.75) is 5.92 Å². The van der Waals surface area contributed by atoms with Gasteiger partial charge in [0.25, 0.3) is 0 Å². The van der Waals surface area contributed by atoms with Gasteiger partial charge in [0.2, 0.25) is 0 Å². The van der Waals surface area contributed by atoms with E-state index in [0.29, 0.717) is 16.8 Å². The molecule has 5 rings (SSSR count). The van der Waals surface area contributed by atoms with Crippen LogP contribution in [0.4, 0.5) is 0 Å². The van der Waals surface area contributed by atoms with Gasteiger partial charge in [0.1, 0.15) is 11.4 Å². The van der Waals surface area contributed by atoms with Crippen molar-refractivity contribution in [1.29, 1.82) is 0 Å². The molecule has 5 aromatic rings. The van der Waals surface area contributed by atoms with E-state index in [4.69, 9.17) is 4.74 Å². The number of hydrogen-bond donors (Lipinski definition) is 3. The molecule has 0 aliphatic carbocycles. The first-order valence-corrected chi connectivity index (χ1v) is 10.2. The summed E-state index contributed by atoms with van der Waals surface area (Å²) in [5.41, 5.74) is 4.07. The highest BCUT2D eigenvalue weighted by atomic mass is 16.5. The van der Waals surface area contributed by atoms with E-state index >= 15 is 0 Å². The minimum Gasteiger partial charge on any atom is -0.477 e. The van der Waals surface area contributed by atoms with Gasteiger partial charge in [0, 0.05) is 38.9 Å². The number of H-pyrrole nitrogens is 2. The van der Waals surface area contributed by atoms with Crippen molar-refractivity contribution in [3.05, 3.63) is 107 Å². The van der Waals surface area contributed by atoms with Crippen LogP contribution in [0.5, 0.6) is 0 Å². The van der Waals surface area contributed by atoms with Crippen LogP contribution in [0.2, 0.25) is 0 Å². The number of methoxy groups -OCH3 is 1. The highest BCUT2D eigenvalue weighted by Crippen LogP contribution is 2.43. The van der Waals surface area contributed by atoms with E-state index in [9.17, 15) is 14.7 Å². The average molecular weight is 424 g/mol. The Balaban J connectivity index is 1.93. The molecular weight excluding hydrogens is 404 g/mol. The van der Waals surface area contributed by atoms with Crippen LogP contribution in [0.15, 0.2) is 78.9 Å². The third-order valence-corrected chi connectivity index (χ3v) is 5.81. The predicted molar refractivity (Wildman–Crippen MR) is 122 cm³/mol. The molecule has 2 heterocycles. The Bertz CT molecular complexity index is 1460. The molecule has 0 saturated carbocycles. The maximum Gasteiger partial charge on any atom is 0.354 e. The van der Waals surface area contributed by atoms with E-state index in [0.717, 1.165) is 27.4 Å². The Hall–Kier alpha value is -4.32. The summed E-state index contributed by atoms with van der Waals surface area (Å²) in [5, 5.41) is 11.7. The highest BCUT2D eigenvalue weighted by Gasteiger charge is 2.32. The van der Waals surface area contributed by atoms with Crippen LogP contribution in [0, 0.1) is 0 Å². The molecule has 0 aliphatic rings. The quantitative estimate of drug-likeness (QED) is 0.333. The average Bonchev–Trinajstić information content (AvgIpc) is 3.40. The first kappa shape index (κ1) is 19.6. The van der Waals surface area contributed by atoms with Gasteiger partial charge in [-0.2, -0.15) is 0 Å². The molecule has 0 saturated heterocycles. The number of aromatic carboxylic acids is 1. The first-order valence-electron chi connectivity index (χ1n) is 10.2. The molecule has 0 fully saturated rings. The molecule has 6 heteroatoms. The van der Waals surface area contributed by atoms with Gasteiger partial charge in [-0.15, -0.1) is 0 Å². The van der Waals surface area contributed by atoms with Crippen molar-refractivity contribution < 1.29 is 19.4 Å². The Morgan fingerprint density at radius 2 is 1.25 bits per heavy atom. The molecule has 0 amide bonds. The number of carbonyl (C=O) groups is 2. The molecule has 1 atom stereocenters. The summed E-state index contributed by atoms with van der Waals surface area (Å²) in [6.45, 7) is 0. The number of carbonyl (C=O) groups excluding carboxylic acids is 1. The van der Waals surface area contributed by atoms with Crippen molar-refractivity contribution in [2.24, 2.45) is 0 Å². The number of rotatable bonds is 5. The number of nitrogens with one attached hydrogen (secondary N) is 2. The number of esters is 1. The lowest BCUT2D eigenvalue weighted by atomic mass is 9.82. The molecule has 3 N–H and O–H groups in total. The number of carboxylic acids is 1. The van der Waals surface area contributed by atoms with Crippen molar-refractivity contribution in [1.82, 2.24) is 9.97 Å². The Labute approximate surface area is 183 Å². The van der Waals surface area contributed by atoms with E-state index in [-0.39, 0.29) is 5.69 Å². The minimum atomic E-state index is -1.06. The fraction of sp³-hybridized carbons (Fsp3) is 0.0769. The van der Waals surface area contributed by atoms with Crippen LogP contribution >= 0.6 is 0 Å². The normalized spacial score (nSPS) is 12.2. The molecule has 0 radical (unpaired) electrons. The second-order valence-corrected chi connectivity index (χ2v) is 7.56. The van der Waals surface area contributed by atoms with Crippen LogP contribution in [0.1, 0.15) is 43.6 Å². The second kappa shape index (κ2) is 7.74. The number of hydrogen-bond acceptors (Lipinski definition) is 3. The summed E-state index contributed by atoms with van der Waals surface area (Å²) in [6.07, 6.45) is 0. The number of ether oxygens (including phenoxy) is 1. The predicted octanol–water partition coefficient (Wildman–Crippen LogP) is 5.31. The summed E-state index contributed by atoms with van der Waals surface area (Å²) >= 11 is 0. The van der Waals surface area contributed by atoms with Gasteiger partial charge in [0.05, 0.1) is 7.11 Å². The summed E-state index contributed by atoms with van der Waals surface area (Å²) in [7, 11) is 1.34. The minimum absolute atomic E-state index is 0.0983. The van der Waals surface area contributed by atoms with E-state index in [2.05, 4.69) is 9.97 Å². The molecule has 0 bridgehead atoms. The lowest BCUT2D eigenvalue weighted by Gasteiger charge is -2.20. The lowest BCUT2D eigenvalue weighted by molar-refractivity contribution is 0.0593. The molecule has 2 aromatic heterocycles. The maximum atomic E-state index is 12.8. The van der Waals surface area contributed by atoms with Gasteiger partial charge >= 0.3 is 11.9 Å². The van der Waals surface area contributed by atoms with Crippen LogP contribution in [-0.4, -0.2) is 34.1 Å². The topological polar surface area (TPSA) is 95.2 Å². The molecular formula is C26H20N2O4. The number of aromatic amines is 2. The summed E-state index contributed by atoms with van der Waals surface area (Å²) in [5.74, 6) is -2.09. The van der Waals surface area contributed by atoms with E-state index in [1.807, 2.05) is 78.9 Å². The van der Waals surface area contributed by atoms with Crippen LogP contribution in [0.25, 0.3) is 21.8 Å². The van der Waals surface area contributed by atoms with Gasteiger partial charge in [-0.25, -0.2) is 9.59 Å². The number of carboxylic acid groups (broad SMARTS) is 1. The molecule has 6 nitrogen and oxygen atoms in total. The molecule has 1 unspecified atom stereocenters. The van der Waals surface area contributed by atoms with E-state index in [1.54, 1.807) is 0 Å². The Kier molecular flexibility index (Phi) is 4.75. The highest BCUT2D eigenvalue weighted by molar-refractivity contribution is 6.03. The lowest BCUT2D eigenvalue weighted by Crippen LogP contribution is -2.13. The molecule has 3 aromatic carbocycles. The third-order valence-electron chi connectivity index (χ3n) is 5.81. The zero-order chi connectivity index (χ0) is 22.2. The van der Waals surface area contributed by atoms with E-state index in [1.165, 1.54) is 7.11 Å². The second-order valence-electron chi connectivity index (χ2n) is 7.56. The van der Waals surface area contributed by atoms with Gasteiger partial charge in [0.15, 0.2) is 0 Å². The fourth-order valence-electron chi connectivity index (χ4n) is 4.48. The van der Waals surface area contributed by atoms with E-state index < -0.39 is 17.9 Å². The van der Waals surface area contributed by atoms with Crippen LogP contribution < -0.4 is 0 Å². The maximum absolute atomic E-state index is 12.8. The van der Waals surface area contributed by atoms with Gasteiger partial charge < -0.3 is 19.8 Å². The van der Waals surface area contributed by atoms with Gasteiger partial charge in [-0.1, -0.05) is 66.7 Å². The van der Waals surface area contributed by atoms with Crippen molar-refractivity contribution in [3.8, 4) is 0 Å². The first-order chi connectivity index (χ1) is 15.6. The Morgan fingerprint density at radius 3 is 1.81 bits per heavy atom. The number of benzene rings is 3. The molecule has 32 heavy (non-hydrogen) atoms. The fourth-order valence-corrected chi connectivity index (χ4v) is 4.48. The van der Waals surface area contributed by atoms with Crippen molar-refractivity contribution >= 4 is 33.7 Å². The summed E-state index contributed by atoms with van der Waals surface area (Å²) in [6, 6.07) is 24.7. The summed E-state index contributed by atoms with van der Waals surface area (Å²) < 4.78 is 5.08. The number of aromatic nitrogens is 2. The van der Waals surface area contributed by atoms with Crippen LogP contribution in [0.3, 0.4) is 0 Å². The monoisotopic (exact) mass is 424 g/mol. The summed E-state index contributed by atoms with van der Waals surface area (Å²) in [4.78, 5) is 31.4. The van der Waals surface area contributed by atoms with Gasteiger partial charge in [-0.3, -0.25) is 0 Å². The zero-order valence-corrected chi connectivity index (χ0v) is 17.3. The Morgan fingerprint density at radius 1 is 0.750 bits per heavy atom. The molecule has 0 spiro atoms. The zero-order valence-electron chi connectivity index (χ0n) is 17.3. The smallest absolute Gasteiger partial charge is 0.354 e. The molecule has 0 aliphatic heterocycles.